The van der Waals surface area contributed by atoms with Gasteiger partial charge in [-0.1, -0.05) is 36.5 Å². The lowest BCUT2D eigenvalue weighted by molar-refractivity contribution is -0.123. The second-order valence-electron chi connectivity index (χ2n) is 3.60. The molecular formula is C12H15Cl2NO2. The highest BCUT2D eigenvalue weighted by Crippen LogP contribution is 2.23. The van der Waals surface area contributed by atoms with Crippen LogP contribution < -0.4 is 10.1 Å². The van der Waals surface area contributed by atoms with Crippen LogP contribution in [0.25, 0.3) is 0 Å². The topological polar surface area (TPSA) is 38.3 Å². The Balaban J connectivity index is 2.36. The second kappa shape index (κ2) is 7.41. The summed E-state index contributed by atoms with van der Waals surface area (Å²) in [6.45, 7) is 2.71. The van der Waals surface area contributed by atoms with Gasteiger partial charge in [-0.2, -0.15) is 0 Å². The summed E-state index contributed by atoms with van der Waals surface area (Å²) < 4.78 is 5.28. The van der Waals surface area contributed by atoms with Gasteiger partial charge in [0, 0.05) is 16.6 Å². The Labute approximate surface area is 111 Å². The molecule has 0 fully saturated rings. The molecule has 0 saturated carbocycles. The normalized spacial score (nSPS) is 10.1. The third-order valence-corrected chi connectivity index (χ3v) is 2.49. The number of rotatable bonds is 6. The summed E-state index contributed by atoms with van der Waals surface area (Å²) in [4.78, 5) is 11.4. The fourth-order valence-electron chi connectivity index (χ4n) is 1.22. The van der Waals surface area contributed by atoms with Crippen LogP contribution >= 0.6 is 23.2 Å². The number of halogens is 2. The van der Waals surface area contributed by atoms with Gasteiger partial charge in [-0.3, -0.25) is 4.79 Å². The molecule has 0 bridgehead atoms. The van der Waals surface area contributed by atoms with E-state index in [2.05, 4.69) is 12.2 Å². The van der Waals surface area contributed by atoms with E-state index in [9.17, 15) is 4.79 Å². The Bertz CT molecular complexity index is 363. The van der Waals surface area contributed by atoms with Gasteiger partial charge >= 0.3 is 0 Å². The monoisotopic (exact) mass is 275 g/mol. The van der Waals surface area contributed by atoms with E-state index >= 15 is 0 Å². The standard InChI is InChI=1S/C12H15Cl2NO2/c1-2-3-4-15-12(16)8-17-11-6-9(13)5-10(14)7-11/h5-7H,2-4,8H2,1H3,(H,15,16). The Morgan fingerprint density at radius 1 is 1.29 bits per heavy atom. The van der Waals surface area contributed by atoms with Crippen molar-refractivity contribution in [3.8, 4) is 5.75 Å². The van der Waals surface area contributed by atoms with Gasteiger partial charge in [0.2, 0.25) is 0 Å². The predicted octanol–water partition coefficient (Wildman–Crippen LogP) is 3.29. The lowest BCUT2D eigenvalue weighted by Gasteiger charge is -2.07. The van der Waals surface area contributed by atoms with Crippen LogP contribution in [-0.2, 0) is 4.79 Å². The van der Waals surface area contributed by atoms with Crippen molar-refractivity contribution in [1.29, 1.82) is 0 Å². The highest BCUT2D eigenvalue weighted by Gasteiger charge is 2.03. The molecule has 0 aliphatic rings. The fourth-order valence-corrected chi connectivity index (χ4v) is 1.72. The fraction of sp³-hybridized carbons (Fsp3) is 0.417. The molecule has 0 atom stereocenters. The molecule has 17 heavy (non-hydrogen) atoms. The maximum Gasteiger partial charge on any atom is 0.257 e. The summed E-state index contributed by atoms with van der Waals surface area (Å²) >= 11 is 11.6. The van der Waals surface area contributed by atoms with Gasteiger partial charge in [0.25, 0.3) is 5.91 Å². The van der Waals surface area contributed by atoms with Crippen LogP contribution in [0, 0.1) is 0 Å². The number of unbranched alkanes of at least 4 members (excludes halogenated alkanes) is 1. The van der Waals surface area contributed by atoms with E-state index in [1.807, 2.05) is 0 Å². The minimum Gasteiger partial charge on any atom is -0.484 e. The number of nitrogens with one attached hydrogen (secondary N) is 1. The number of amides is 1. The van der Waals surface area contributed by atoms with Gasteiger partial charge in [0.05, 0.1) is 0 Å². The molecule has 1 aromatic rings. The molecule has 0 aliphatic heterocycles. The lowest BCUT2D eigenvalue weighted by atomic mass is 10.3. The van der Waals surface area contributed by atoms with Crippen LogP contribution in [-0.4, -0.2) is 19.1 Å². The van der Waals surface area contributed by atoms with Gasteiger partial charge in [0.1, 0.15) is 5.75 Å². The number of ether oxygens (including phenoxy) is 1. The molecular weight excluding hydrogens is 261 g/mol. The molecule has 3 nitrogen and oxygen atoms in total. The molecule has 0 radical (unpaired) electrons. The summed E-state index contributed by atoms with van der Waals surface area (Å²) in [6, 6.07) is 4.84. The van der Waals surface area contributed by atoms with Gasteiger partial charge in [0.15, 0.2) is 6.61 Å². The summed E-state index contributed by atoms with van der Waals surface area (Å²) in [5, 5.41) is 3.72. The maximum absolute atomic E-state index is 11.4. The smallest absolute Gasteiger partial charge is 0.257 e. The molecule has 0 aromatic heterocycles. The van der Waals surface area contributed by atoms with E-state index in [-0.39, 0.29) is 12.5 Å². The van der Waals surface area contributed by atoms with Crippen LogP contribution in [0.3, 0.4) is 0 Å². The first-order valence-electron chi connectivity index (χ1n) is 5.47. The van der Waals surface area contributed by atoms with Crippen molar-refractivity contribution in [3.05, 3.63) is 28.2 Å². The molecule has 5 heteroatoms. The van der Waals surface area contributed by atoms with Gasteiger partial charge in [-0.25, -0.2) is 0 Å². The van der Waals surface area contributed by atoms with E-state index in [4.69, 9.17) is 27.9 Å². The third-order valence-electron chi connectivity index (χ3n) is 2.06. The highest BCUT2D eigenvalue weighted by atomic mass is 35.5. The SMILES string of the molecule is CCCCNC(=O)COc1cc(Cl)cc(Cl)c1. The number of carbonyl (C=O) groups is 1. The van der Waals surface area contributed by atoms with Crippen molar-refractivity contribution in [2.75, 3.05) is 13.2 Å². The van der Waals surface area contributed by atoms with Crippen molar-refractivity contribution < 1.29 is 9.53 Å². The van der Waals surface area contributed by atoms with E-state index in [1.165, 1.54) is 0 Å². The Hall–Kier alpha value is -0.930. The molecule has 0 saturated heterocycles. The average Bonchev–Trinajstić information content (AvgIpc) is 2.25. The molecule has 1 N–H and O–H groups in total. The van der Waals surface area contributed by atoms with Gasteiger partial charge in [-0.15, -0.1) is 0 Å². The molecule has 1 aromatic carbocycles. The number of hydrogen-bond acceptors (Lipinski definition) is 2. The number of hydrogen-bond donors (Lipinski definition) is 1. The number of benzene rings is 1. The number of carbonyl (C=O) groups excluding carboxylic acids is 1. The van der Waals surface area contributed by atoms with Crippen LogP contribution in [0.5, 0.6) is 5.75 Å². The first-order valence-corrected chi connectivity index (χ1v) is 6.23. The zero-order chi connectivity index (χ0) is 12.7. The van der Waals surface area contributed by atoms with Crippen LogP contribution in [0.2, 0.25) is 10.0 Å². The zero-order valence-electron chi connectivity index (χ0n) is 9.63. The van der Waals surface area contributed by atoms with Crippen LogP contribution in [0.15, 0.2) is 18.2 Å². The lowest BCUT2D eigenvalue weighted by Crippen LogP contribution is -2.29. The van der Waals surface area contributed by atoms with E-state index in [0.717, 1.165) is 12.8 Å². The quantitative estimate of drug-likeness (QED) is 0.810. The Morgan fingerprint density at radius 3 is 2.53 bits per heavy atom. The van der Waals surface area contributed by atoms with Crippen molar-refractivity contribution in [2.24, 2.45) is 0 Å². The van der Waals surface area contributed by atoms with Crippen LogP contribution in [0.4, 0.5) is 0 Å². The van der Waals surface area contributed by atoms with E-state index in [0.29, 0.717) is 22.3 Å². The first kappa shape index (κ1) is 14.1. The molecule has 1 amide bonds. The zero-order valence-corrected chi connectivity index (χ0v) is 11.1. The molecule has 0 aliphatic carbocycles. The van der Waals surface area contributed by atoms with Crippen LogP contribution in [0.1, 0.15) is 19.8 Å². The minimum absolute atomic E-state index is 0.0274. The minimum atomic E-state index is -0.144. The van der Waals surface area contributed by atoms with Crippen molar-refractivity contribution >= 4 is 29.1 Å². The third kappa shape index (κ3) is 5.80. The second-order valence-corrected chi connectivity index (χ2v) is 4.47. The molecule has 0 heterocycles. The van der Waals surface area contributed by atoms with E-state index < -0.39 is 0 Å². The van der Waals surface area contributed by atoms with E-state index in [1.54, 1.807) is 18.2 Å². The Kier molecular flexibility index (Phi) is 6.16. The average molecular weight is 276 g/mol. The summed E-state index contributed by atoms with van der Waals surface area (Å²) in [6.07, 6.45) is 2.01. The first-order chi connectivity index (χ1) is 8.11. The summed E-state index contributed by atoms with van der Waals surface area (Å²) in [5.74, 6) is 0.350. The highest BCUT2D eigenvalue weighted by molar-refractivity contribution is 6.34. The van der Waals surface area contributed by atoms with Crippen molar-refractivity contribution in [3.63, 3.8) is 0 Å². The maximum atomic E-state index is 11.4. The molecule has 0 unspecified atom stereocenters. The van der Waals surface area contributed by atoms with Gasteiger partial charge in [-0.05, 0) is 24.6 Å². The largest absolute Gasteiger partial charge is 0.484 e. The molecule has 0 spiro atoms. The van der Waals surface area contributed by atoms with Gasteiger partial charge < -0.3 is 10.1 Å². The van der Waals surface area contributed by atoms with Crippen molar-refractivity contribution in [2.45, 2.75) is 19.8 Å². The van der Waals surface area contributed by atoms with Crippen molar-refractivity contribution in [1.82, 2.24) is 5.32 Å². The Morgan fingerprint density at radius 2 is 1.94 bits per heavy atom. The molecule has 1 rings (SSSR count). The summed E-state index contributed by atoms with van der Waals surface area (Å²) in [7, 11) is 0. The predicted molar refractivity (Wildman–Crippen MR) is 69.9 cm³/mol. The summed E-state index contributed by atoms with van der Waals surface area (Å²) in [5.41, 5.74) is 0. The molecule has 94 valence electrons.